The Morgan fingerprint density at radius 1 is 1.17 bits per heavy atom. The van der Waals surface area contributed by atoms with Gasteiger partial charge in [-0.2, -0.15) is 0 Å². The molecule has 29 heavy (non-hydrogen) atoms. The highest BCUT2D eigenvalue weighted by Crippen LogP contribution is 2.14. The van der Waals surface area contributed by atoms with Crippen molar-refractivity contribution in [2.24, 2.45) is 4.99 Å². The van der Waals surface area contributed by atoms with Gasteiger partial charge < -0.3 is 25.0 Å². The molecule has 0 bridgehead atoms. The average Bonchev–Trinajstić information content (AvgIpc) is 2.70. The van der Waals surface area contributed by atoms with Crippen LogP contribution in [0.3, 0.4) is 0 Å². The first-order chi connectivity index (χ1) is 13.6. The van der Waals surface area contributed by atoms with E-state index in [1.54, 1.807) is 7.11 Å². The molecule has 1 rings (SSSR count). The van der Waals surface area contributed by atoms with Gasteiger partial charge in [-0.25, -0.2) is 4.99 Å². The Morgan fingerprint density at radius 3 is 2.59 bits per heavy atom. The fourth-order valence-electron chi connectivity index (χ4n) is 2.93. The molecule has 168 valence electrons. The Kier molecular flexibility index (Phi) is 17.1. The highest BCUT2D eigenvalue weighted by atomic mass is 127. The number of nitrogens with zero attached hydrogens (tertiary/aromatic N) is 2. The molecule has 0 heterocycles. The second-order valence-electron chi connectivity index (χ2n) is 6.90. The van der Waals surface area contributed by atoms with E-state index in [9.17, 15) is 0 Å². The predicted molar refractivity (Wildman–Crippen MR) is 134 cm³/mol. The lowest BCUT2D eigenvalue weighted by Gasteiger charge is -2.21. The van der Waals surface area contributed by atoms with Crippen molar-refractivity contribution < 1.29 is 9.47 Å². The molecule has 0 radical (unpaired) electrons. The number of hydrogen-bond donors (Lipinski definition) is 2. The summed E-state index contributed by atoms with van der Waals surface area (Å²) in [6.45, 7) is 14.8. The van der Waals surface area contributed by atoms with E-state index >= 15 is 0 Å². The van der Waals surface area contributed by atoms with Crippen LogP contribution in [0.2, 0.25) is 0 Å². The van der Waals surface area contributed by atoms with Crippen molar-refractivity contribution >= 4 is 29.9 Å². The number of benzene rings is 1. The quantitative estimate of drug-likeness (QED) is 0.169. The van der Waals surface area contributed by atoms with Crippen LogP contribution in [0, 0.1) is 0 Å². The first-order valence-corrected chi connectivity index (χ1v) is 10.6. The maximum Gasteiger partial charge on any atom is 0.191 e. The lowest BCUT2D eigenvalue weighted by Crippen LogP contribution is -2.42. The van der Waals surface area contributed by atoms with Crippen molar-refractivity contribution in [2.45, 2.75) is 53.1 Å². The van der Waals surface area contributed by atoms with Gasteiger partial charge in [0.1, 0.15) is 12.4 Å². The summed E-state index contributed by atoms with van der Waals surface area (Å²) in [5.74, 6) is 1.72. The van der Waals surface area contributed by atoms with Gasteiger partial charge in [0.15, 0.2) is 5.96 Å². The second-order valence-corrected chi connectivity index (χ2v) is 6.90. The predicted octanol–water partition coefficient (Wildman–Crippen LogP) is 3.90. The smallest absolute Gasteiger partial charge is 0.191 e. The van der Waals surface area contributed by atoms with E-state index in [1.165, 1.54) is 6.42 Å². The Balaban J connectivity index is 0.00000784. The minimum atomic E-state index is 0. The maximum atomic E-state index is 5.68. The van der Waals surface area contributed by atoms with Gasteiger partial charge in [0, 0.05) is 19.7 Å². The van der Waals surface area contributed by atoms with Crippen molar-refractivity contribution in [3.05, 3.63) is 29.8 Å². The van der Waals surface area contributed by atoms with Gasteiger partial charge in [0.05, 0.1) is 13.2 Å². The molecule has 0 aliphatic rings. The van der Waals surface area contributed by atoms with Gasteiger partial charge >= 0.3 is 0 Å². The maximum absolute atomic E-state index is 5.68. The van der Waals surface area contributed by atoms with E-state index in [1.807, 2.05) is 18.2 Å². The highest BCUT2D eigenvalue weighted by molar-refractivity contribution is 14.0. The van der Waals surface area contributed by atoms with Crippen LogP contribution in [0.5, 0.6) is 5.75 Å². The molecule has 2 N–H and O–H groups in total. The van der Waals surface area contributed by atoms with Gasteiger partial charge in [-0.1, -0.05) is 26.0 Å². The van der Waals surface area contributed by atoms with Crippen molar-refractivity contribution in [2.75, 3.05) is 46.5 Å². The molecular formula is C22H41IN4O2. The number of ether oxygens (including phenoxy) is 2. The molecule has 1 atom stereocenters. The molecule has 1 aromatic rings. The molecule has 0 amide bonds. The lowest BCUT2D eigenvalue weighted by atomic mass is 10.2. The van der Waals surface area contributed by atoms with E-state index in [0.717, 1.165) is 49.9 Å². The first kappa shape index (κ1) is 27.9. The first-order valence-electron chi connectivity index (χ1n) is 10.6. The van der Waals surface area contributed by atoms with Crippen molar-refractivity contribution in [3.63, 3.8) is 0 Å². The highest BCUT2D eigenvalue weighted by Gasteiger charge is 2.07. The van der Waals surface area contributed by atoms with Crippen LogP contribution >= 0.6 is 24.0 Å². The molecule has 1 aromatic carbocycles. The third kappa shape index (κ3) is 13.0. The fraction of sp³-hybridized carbons (Fsp3) is 0.682. The number of halogens is 1. The van der Waals surface area contributed by atoms with Gasteiger partial charge in [0.2, 0.25) is 0 Å². The van der Waals surface area contributed by atoms with Crippen molar-refractivity contribution in [1.29, 1.82) is 0 Å². The average molecular weight is 521 g/mol. The summed E-state index contributed by atoms with van der Waals surface area (Å²) in [6, 6.07) is 8.46. The molecule has 1 unspecified atom stereocenters. The summed E-state index contributed by atoms with van der Waals surface area (Å²) in [5, 5.41) is 6.87. The molecule has 0 aliphatic heterocycles. The molecule has 0 fully saturated rings. The minimum absolute atomic E-state index is 0. The Bertz CT molecular complexity index is 553. The van der Waals surface area contributed by atoms with Gasteiger partial charge in [0.25, 0.3) is 0 Å². The summed E-state index contributed by atoms with van der Waals surface area (Å²) >= 11 is 0. The largest absolute Gasteiger partial charge is 0.491 e. The zero-order valence-corrected chi connectivity index (χ0v) is 21.2. The number of rotatable bonds is 14. The fourth-order valence-corrected chi connectivity index (χ4v) is 2.93. The van der Waals surface area contributed by atoms with Crippen LogP contribution in [-0.2, 0) is 11.3 Å². The zero-order chi connectivity index (χ0) is 20.6. The molecule has 0 aliphatic carbocycles. The number of guanidine groups is 1. The number of hydrogen-bond acceptors (Lipinski definition) is 4. The summed E-state index contributed by atoms with van der Waals surface area (Å²) in [6.07, 6.45) is 2.32. The molecule has 6 nitrogen and oxygen atoms in total. The SMILES string of the molecule is CCNC(=NCc1cccc(OCCOC)c1)NC(C)CCCN(CC)CC.I. The van der Waals surface area contributed by atoms with Gasteiger partial charge in [-0.15, -0.1) is 24.0 Å². The molecule has 0 spiro atoms. The summed E-state index contributed by atoms with van der Waals surface area (Å²) in [4.78, 5) is 7.21. The van der Waals surface area contributed by atoms with E-state index in [-0.39, 0.29) is 24.0 Å². The van der Waals surface area contributed by atoms with Gasteiger partial charge in [-0.3, -0.25) is 0 Å². The standard InChI is InChI=1S/C22H40N4O2.HI/c1-6-23-22(25-19(4)11-10-14-26(7-2)8-3)24-18-20-12-9-13-21(17-20)28-16-15-27-5;/h9,12-13,17,19H,6-8,10-11,14-16,18H2,1-5H3,(H2,23,24,25);1H. The molecule has 0 aromatic heterocycles. The Labute approximate surface area is 194 Å². The van der Waals surface area contributed by atoms with Gasteiger partial charge in [-0.05, 0) is 64.0 Å². The number of methoxy groups -OCH3 is 1. The monoisotopic (exact) mass is 520 g/mol. The second kappa shape index (κ2) is 17.8. The summed E-state index contributed by atoms with van der Waals surface area (Å²) in [7, 11) is 1.67. The van der Waals surface area contributed by atoms with Crippen LogP contribution < -0.4 is 15.4 Å². The molecule has 0 saturated carbocycles. The minimum Gasteiger partial charge on any atom is -0.491 e. The number of aliphatic imine (C=N–C) groups is 1. The van der Waals surface area contributed by atoms with Crippen LogP contribution in [0.15, 0.2) is 29.3 Å². The molecular weight excluding hydrogens is 479 g/mol. The van der Waals surface area contributed by atoms with E-state index in [4.69, 9.17) is 14.5 Å². The molecule has 0 saturated heterocycles. The normalized spacial score (nSPS) is 12.4. The van der Waals surface area contributed by atoms with Crippen LogP contribution in [0.25, 0.3) is 0 Å². The van der Waals surface area contributed by atoms with Crippen LogP contribution in [0.4, 0.5) is 0 Å². The zero-order valence-electron chi connectivity index (χ0n) is 18.9. The van der Waals surface area contributed by atoms with E-state index < -0.39 is 0 Å². The molecule has 7 heteroatoms. The number of nitrogens with one attached hydrogen (secondary N) is 2. The topological polar surface area (TPSA) is 58.1 Å². The third-order valence-electron chi connectivity index (χ3n) is 4.61. The van der Waals surface area contributed by atoms with E-state index in [0.29, 0.717) is 25.8 Å². The van der Waals surface area contributed by atoms with Crippen molar-refractivity contribution in [1.82, 2.24) is 15.5 Å². The summed E-state index contributed by atoms with van der Waals surface area (Å²) in [5.41, 5.74) is 1.13. The summed E-state index contributed by atoms with van der Waals surface area (Å²) < 4.78 is 10.7. The van der Waals surface area contributed by atoms with Crippen LogP contribution in [-0.4, -0.2) is 63.4 Å². The van der Waals surface area contributed by atoms with E-state index in [2.05, 4.69) is 49.3 Å². The Morgan fingerprint density at radius 2 is 1.93 bits per heavy atom. The third-order valence-corrected chi connectivity index (χ3v) is 4.61. The lowest BCUT2D eigenvalue weighted by molar-refractivity contribution is 0.146. The van der Waals surface area contributed by atoms with Crippen molar-refractivity contribution in [3.8, 4) is 5.75 Å². The van der Waals surface area contributed by atoms with Crippen LogP contribution in [0.1, 0.15) is 46.1 Å². The Hall–Kier alpha value is -1.06.